The molecule has 16 heavy (non-hydrogen) atoms. The summed E-state index contributed by atoms with van der Waals surface area (Å²) in [5, 5.41) is 0. The molecule has 96 valence electrons. The fourth-order valence-electron chi connectivity index (χ4n) is 1.18. The molecule has 0 spiro atoms. The number of amides is 1. The molecule has 0 aromatic rings. The van der Waals surface area contributed by atoms with Crippen LogP contribution in [0.3, 0.4) is 0 Å². The Hall–Kier alpha value is -0.780. The van der Waals surface area contributed by atoms with Gasteiger partial charge in [-0.15, -0.1) is 0 Å². The molecule has 0 aliphatic heterocycles. The zero-order valence-corrected chi connectivity index (χ0v) is 10.0. The van der Waals surface area contributed by atoms with E-state index in [2.05, 4.69) is 0 Å². The minimum absolute atomic E-state index is 0.179. The van der Waals surface area contributed by atoms with Gasteiger partial charge in [-0.25, -0.2) is 0 Å². The molecule has 0 aliphatic rings. The van der Waals surface area contributed by atoms with E-state index in [9.17, 15) is 18.0 Å². The number of alkyl halides is 3. The molecule has 0 saturated heterocycles. The fraction of sp³-hybridized carbons (Fsp3) is 0.900. The van der Waals surface area contributed by atoms with Crippen molar-refractivity contribution < 1.29 is 18.0 Å². The highest BCUT2D eigenvalue weighted by Crippen LogP contribution is 2.19. The van der Waals surface area contributed by atoms with Gasteiger partial charge in [0.2, 0.25) is 5.91 Å². The first-order chi connectivity index (χ1) is 7.06. The van der Waals surface area contributed by atoms with E-state index < -0.39 is 30.7 Å². The van der Waals surface area contributed by atoms with Gasteiger partial charge in [0.25, 0.3) is 0 Å². The molecule has 1 amide bonds. The predicted octanol–water partition coefficient (Wildman–Crippen LogP) is 1.77. The van der Waals surface area contributed by atoms with Crippen molar-refractivity contribution >= 4 is 5.91 Å². The number of nitrogens with zero attached hydrogens (tertiary/aromatic N) is 1. The summed E-state index contributed by atoms with van der Waals surface area (Å²) >= 11 is 0. The van der Waals surface area contributed by atoms with Crippen molar-refractivity contribution in [2.24, 2.45) is 11.7 Å². The van der Waals surface area contributed by atoms with Crippen LogP contribution in [0.2, 0.25) is 0 Å². The first-order valence-corrected chi connectivity index (χ1v) is 5.19. The maximum atomic E-state index is 12.3. The lowest BCUT2D eigenvalue weighted by atomic mass is 10.0. The van der Waals surface area contributed by atoms with Crippen LogP contribution in [-0.4, -0.2) is 35.6 Å². The summed E-state index contributed by atoms with van der Waals surface area (Å²) in [6.07, 6.45) is -4.39. The van der Waals surface area contributed by atoms with Gasteiger partial charge in [-0.3, -0.25) is 4.79 Å². The van der Waals surface area contributed by atoms with Crippen molar-refractivity contribution in [3.63, 3.8) is 0 Å². The molecule has 0 saturated carbocycles. The van der Waals surface area contributed by atoms with Gasteiger partial charge >= 0.3 is 6.18 Å². The van der Waals surface area contributed by atoms with Crippen molar-refractivity contribution in [1.82, 2.24) is 4.90 Å². The summed E-state index contributed by atoms with van der Waals surface area (Å²) < 4.78 is 36.8. The molecule has 0 aromatic carbocycles. The van der Waals surface area contributed by atoms with E-state index in [4.69, 9.17) is 5.73 Å². The van der Waals surface area contributed by atoms with Gasteiger partial charge in [-0.2, -0.15) is 13.2 Å². The van der Waals surface area contributed by atoms with E-state index in [-0.39, 0.29) is 5.92 Å². The molecule has 0 rings (SSSR count). The van der Waals surface area contributed by atoms with Crippen LogP contribution in [0.4, 0.5) is 13.2 Å². The van der Waals surface area contributed by atoms with Gasteiger partial charge in [0, 0.05) is 6.04 Å². The molecule has 3 nitrogen and oxygen atoms in total. The van der Waals surface area contributed by atoms with Crippen molar-refractivity contribution in [3.8, 4) is 0 Å². The van der Waals surface area contributed by atoms with Gasteiger partial charge in [0.1, 0.15) is 6.54 Å². The number of rotatable bonds is 4. The standard InChI is InChI=1S/C10H19F3N2O/c1-6(2)8(14)9(16)15(7(3)4)5-10(11,12)13/h6-8H,5,14H2,1-4H3/t8-/m1/s1. The highest BCUT2D eigenvalue weighted by atomic mass is 19.4. The molecular formula is C10H19F3N2O. The Morgan fingerprint density at radius 3 is 1.94 bits per heavy atom. The predicted molar refractivity (Wildman–Crippen MR) is 55.7 cm³/mol. The fourth-order valence-corrected chi connectivity index (χ4v) is 1.18. The SMILES string of the molecule is CC(C)[C@@H](N)C(=O)N(CC(F)(F)F)C(C)C. The Labute approximate surface area is 93.8 Å². The van der Waals surface area contributed by atoms with E-state index >= 15 is 0 Å². The Kier molecular flexibility index (Phi) is 5.25. The monoisotopic (exact) mass is 240 g/mol. The van der Waals surface area contributed by atoms with Gasteiger partial charge in [-0.05, 0) is 19.8 Å². The Morgan fingerprint density at radius 1 is 1.25 bits per heavy atom. The second kappa shape index (κ2) is 5.52. The molecule has 0 aromatic heterocycles. The van der Waals surface area contributed by atoms with Gasteiger partial charge in [-0.1, -0.05) is 13.8 Å². The number of hydrogen-bond donors (Lipinski definition) is 1. The highest BCUT2D eigenvalue weighted by Gasteiger charge is 2.36. The lowest BCUT2D eigenvalue weighted by molar-refractivity contribution is -0.165. The first-order valence-electron chi connectivity index (χ1n) is 5.19. The molecule has 0 bridgehead atoms. The number of hydrogen-bond acceptors (Lipinski definition) is 2. The van der Waals surface area contributed by atoms with Crippen LogP contribution >= 0.6 is 0 Å². The lowest BCUT2D eigenvalue weighted by Gasteiger charge is -2.31. The first kappa shape index (κ1) is 15.2. The van der Waals surface area contributed by atoms with Crippen LogP contribution in [0.25, 0.3) is 0 Å². The molecule has 6 heteroatoms. The minimum Gasteiger partial charge on any atom is -0.330 e. The summed E-state index contributed by atoms with van der Waals surface area (Å²) in [5.41, 5.74) is 5.56. The molecule has 1 atom stereocenters. The highest BCUT2D eigenvalue weighted by molar-refractivity contribution is 5.82. The summed E-state index contributed by atoms with van der Waals surface area (Å²) in [6.45, 7) is 5.24. The normalized spacial score (nSPS) is 14.4. The van der Waals surface area contributed by atoms with Crippen LogP contribution in [0.15, 0.2) is 0 Å². The molecule has 0 heterocycles. The molecular weight excluding hydrogens is 221 g/mol. The average molecular weight is 240 g/mol. The van der Waals surface area contributed by atoms with Crippen molar-refractivity contribution in [2.75, 3.05) is 6.54 Å². The summed E-state index contributed by atoms with van der Waals surface area (Å²) in [6, 6.07) is -1.40. The van der Waals surface area contributed by atoms with Crippen LogP contribution < -0.4 is 5.73 Å². The van der Waals surface area contributed by atoms with Gasteiger partial charge in [0.05, 0.1) is 6.04 Å². The zero-order chi connectivity index (χ0) is 13.1. The van der Waals surface area contributed by atoms with Crippen molar-refractivity contribution in [2.45, 2.75) is 46.0 Å². The maximum Gasteiger partial charge on any atom is 0.406 e. The summed E-state index contributed by atoms with van der Waals surface area (Å²) in [4.78, 5) is 12.5. The number of halogens is 3. The van der Waals surface area contributed by atoms with Crippen molar-refractivity contribution in [3.05, 3.63) is 0 Å². The molecule has 0 radical (unpaired) electrons. The Bertz CT molecular complexity index is 239. The smallest absolute Gasteiger partial charge is 0.330 e. The van der Waals surface area contributed by atoms with E-state index in [1.807, 2.05) is 0 Å². The zero-order valence-electron chi connectivity index (χ0n) is 10.0. The minimum atomic E-state index is -4.39. The second-order valence-electron chi connectivity index (χ2n) is 4.44. The Morgan fingerprint density at radius 2 is 1.69 bits per heavy atom. The largest absolute Gasteiger partial charge is 0.406 e. The Balaban J connectivity index is 4.73. The van der Waals surface area contributed by atoms with E-state index in [1.54, 1.807) is 13.8 Å². The van der Waals surface area contributed by atoms with Gasteiger partial charge < -0.3 is 10.6 Å². The number of carbonyl (C=O) groups excluding carboxylic acids is 1. The second-order valence-corrected chi connectivity index (χ2v) is 4.44. The van der Waals surface area contributed by atoms with Gasteiger partial charge in [0.15, 0.2) is 0 Å². The third-order valence-electron chi connectivity index (χ3n) is 2.26. The third-order valence-corrected chi connectivity index (χ3v) is 2.26. The van der Waals surface area contributed by atoms with E-state index in [1.165, 1.54) is 13.8 Å². The molecule has 2 N–H and O–H groups in total. The average Bonchev–Trinajstić information content (AvgIpc) is 2.09. The van der Waals surface area contributed by atoms with Crippen LogP contribution in [-0.2, 0) is 4.79 Å². The van der Waals surface area contributed by atoms with Crippen LogP contribution in [0.1, 0.15) is 27.7 Å². The lowest BCUT2D eigenvalue weighted by Crippen LogP contribution is -2.52. The van der Waals surface area contributed by atoms with E-state index in [0.717, 1.165) is 4.90 Å². The summed E-state index contributed by atoms with van der Waals surface area (Å²) in [5.74, 6) is -0.829. The van der Waals surface area contributed by atoms with Crippen molar-refractivity contribution in [1.29, 1.82) is 0 Å². The molecule has 0 aliphatic carbocycles. The number of carbonyl (C=O) groups is 1. The van der Waals surface area contributed by atoms with E-state index in [0.29, 0.717) is 0 Å². The van der Waals surface area contributed by atoms with Crippen LogP contribution in [0.5, 0.6) is 0 Å². The van der Waals surface area contributed by atoms with Crippen LogP contribution in [0, 0.1) is 5.92 Å². The maximum absolute atomic E-state index is 12.3. The topological polar surface area (TPSA) is 46.3 Å². The quantitative estimate of drug-likeness (QED) is 0.814. The summed E-state index contributed by atoms with van der Waals surface area (Å²) in [7, 11) is 0. The number of nitrogens with two attached hydrogens (primary N) is 1. The molecule has 0 fully saturated rings. The third kappa shape index (κ3) is 4.83. The molecule has 0 unspecified atom stereocenters.